The van der Waals surface area contributed by atoms with Crippen LogP contribution in [0.1, 0.15) is 11.1 Å². The summed E-state index contributed by atoms with van der Waals surface area (Å²) in [5.41, 5.74) is 13.4. The molecule has 282 valence electrons. The lowest BCUT2D eigenvalue weighted by Crippen LogP contribution is -2.04. The second-order valence-corrected chi connectivity index (χ2v) is 15.3. The highest BCUT2D eigenvalue weighted by molar-refractivity contribution is 6.12. The minimum absolute atomic E-state index is 0.544. The Bertz CT molecular complexity index is 3460. The van der Waals surface area contributed by atoms with Crippen LogP contribution in [-0.4, -0.2) is 24.1 Å². The molecule has 0 unspecified atom stereocenters. The second-order valence-electron chi connectivity index (χ2n) is 15.3. The Morgan fingerprint density at radius 2 is 0.883 bits per heavy atom. The molecule has 0 aliphatic rings. The average molecular weight is 769 g/mol. The van der Waals surface area contributed by atoms with E-state index in [-0.39, 0.29) is 0 Å². The predicted octanol–water partition coefficient (Wildman–Crippen LogP) is 13.9. The van der Waals surface area contributed by atoms with E-state index >= 15 is 0 Å². The van der Waals surface area contributed by atoms with Gasteiger partial charge in [0.2, 0.25) is 0 Å². The van der Waals surface area contributed by atoms with Crippen molar-refractivity contribution in [3.05, 3.63) is 205 Å². The predicted molar refractivity (Wildman–Crippen MR) is 246 cm³/mol. The van der Waals surface area contributed by atoms with Crippen LogP contribution in [0.4, 0.5) is 5.69 Å². The number of para-hydroxylation sites is 2. The van der Waals surface area contributed by atoms with Gasteiger partial charge in [-0.3, -0.25) is 0 Å². The van der Waals surface area contributed by atoms with Crippen LogP contribution in [0, 0.1) is 20.4 Å². The Kier molecular flexibility index (Phi) is 8.21. The lowest BCUT2D eigenvalue weighted by molar-refractivity contribution is 1.07. The largest absolute Gasteiger partial charge is 0.310 e. The molecule has 11 rings (SSSR count). The molecule has 0 fully saturated rings. The van der Waals surface area contributed by atoms with Gasteiger partial charge in [0.15, 0.2) is 23.2 Å². The standard InChI is InChI=1S/C54H36N6/c1-34-25-28-47-41(31-34)39-19-10-12-22-45(39)59(47)49-30-27-38(54-57-52(36-15-6-4-7-16-36)56-53(58-54)37-17-8-5-9-18-37)33-43(49)51-44(55-3)21-14-24-50(51)60-46-23-13-11-20-40(46)42-32-35(2)26-29-48(42)60/h4-33H,1-2H3. The van der Waals surface area contributed by atoms with E-state index in [9.17, 15) is 0 Å². The smallest absolute Gasteiger partial charge is 0.197 e. The third-order valence-electron chi connectivity index (χ3n) is 11.5. The number of hydrogen-bond donors (Lipinski definition) is 0. The quantitative estimate of drug-likeness (QED) is 0.158. The molecule has 0 aliphatic heterocycles. The summed E-state index contributed by atoms with van der Waals surface area (Å²) in [4.78, 5) is 19.5. The SMILES string of the molecule is [C-]#[N+]c1cccc(-n2c3ccccc3c3cc(C)ccc32)c1-c1cc(-c2nc(-c3ccccc3)nc(-c3ccccc3)n2)ccc1-n1c2ccccc2c2cc(C)ccc21. The highest BCUT2D eigenvalue weighted by Gasteiger charge is 2.24. The fourth-order valence-electron chi connectivity index (χ4n) is 8.78. The van der Waals surface area contributed by atoms with Crippen molar-refractivity contribution < 1.29 is 0 Å². The highest BCUT2D eigenvalue weighted by Crippen LogP contribution is 2.46. The van der Waals surface area contributed by atoms with Crippen LogP contribution in [0.2, 0.25) is 0 Å². The minimum atomic E-state index is 0.544. The Labute approximate surface area is 347 Å². The summed E-state index contributed by atoms with van der Waals surface area (Å²) in [7, 11) is 0. The summed E-state index contributed by atoms with van der Waals surface area (Å²) < 4.78 is 4.67. The molecule has 0 saturated heterocycles. The molecule has 0 radical (unpaired) electrons. The van der Waals surface area contributed by atoms with E-state index in [0.717, 1.165) is 66.6 Å². The van der Waals surface area contributed by atoms with E-state index in [0.29, 0.717) is 23.2 Å². The lowest BCUT2D eigenvalue weighted by Gasteiger charge is -2.21. The van der Waals surface area contributed by atoms with E-state index < -0.39 is 0 Å². The number of benzene rings is 8. The fourth-order valence-corrected chi connectivity index (χ4v) is 8.78. The summed E-state index contributed by atoms with van der Waals surface area (Å²) in [6, 6.07) is 63.0. The maximum Gasteiger partial charge on any atom is 0.197 e. The highest BCUT2D eigenvalue weighted by atomic mass is 15.0. The summed E-state index contributed by atoms with van der Waals surface area (Å²) >= 11 is 0. The van der Waals surface area contributed by atoms with Crippen molar-refractivity contribution in [2.24, 2.45) is 0 Å². The van der Waals surface area contributed by atoms with E-state index in [1.807, 2.05) is 72.8 Å². The van der Waals surface area contributed by atoms with Crippen molar-refractivity contribution in [2.75, 3.05) is 0 Å². The number of rotatable bonds is 6. The van der Waals surface area contributed by atoms with E-state index in [1.165, 1.54) is 27.3 Å². The number of hydrogen-bond acceptors (Lipinski definition) is 3. The number of fused-ring (bicyclic) bond motifs is 6. The van der Waals surface area contributed by atoms with E-state index in [4.69, 9.17) is 21.5 Å². The molecular formula is C54H36N6. The van der Waals surface area contributed by atoms with Crippen molar-refractivity contribution in [3.63, 3.8) is 0 Å². The van der Waals surface area contributed by atoms with Gasteiger partial charge in [0, 0.05) is 49.5 Å². The van der Waals surface area contributed by atoms with Gasteiger partial charge in [-0.15, -0.1) is 0 Å². The molecule has 0 atom stereocenters. The zero-order valence-corrected chi connectivity index (χ0v) is 33.0. The Morgan fingerprint density at radius 1 is 0.400 bits per heavy atom. The van der Waals surface area contributed by atoms with Crippen LogP contribution >= 0.6 is 0 Å². The van der Waals surface area contributed by atoms with Gasteiger partial charge in [-0.25, -0.2) is 19.8 Å². The zero-order chi connectivity index (χ0) is 40.3. The van der Waals surface area contributed by atoms with Gasteiger partial charge in [-0.1, -0.05) is 132 Å². The first-order valence-corrected chi connectivity index (χ1v) is 20.1. The first-order chi connectivity index (χ1) is 29.5. The third-order valence-corrected chi connectivity index (χ3v) is 11.5. The molecule has 6 heteroatoms. The number of aryl methyl sites for hydroxylation is 2. The lowest BCUT2D eigenvalue weighted by atomic mass is 9.96. The summed E-state index contributed by atoms with van der Waals surface area (Å²) in [5, 5.41) is 4.67. The topological polar surface area (TPSA) is 52.9 Å². The van der Waals surface area contributed by atoms with Gasteiger partial charge >= 0.3 is 0 Å². The van der Waals surface area contributed by atoms with Gasteiger partial charge < -0.3 is 9.13 Å². The van der Waals surface area contributed by atoms with Crippen molar-refractivity contribution in [1.82, 2.24) is 24.1 Å². The van der Waals surface area contributed by atoms with Crippen molar-refractivity contribution in [1.29, 1.82) is 0 Å². The molecule has 3 heterocycles. The maximum absolute atomic E-state index is 8.68. The van der Waals surface area contributed by atoms with Gasteiger partial charge in [0.05, 0.1) is 34.3 Å². The Balaban J connectivity index is 1.26. The monoisotopic (exact) mass is 768 g/mol. The molecule has 8 aromatic carbocycles. The molecule has 0 aliphatic carbocycles. The Morgan fingerprint density at radius 3 is 1.43 bits per heavy atom. The van der Waals surface area contributed by atoms with Gasteiger partial charge in [-0.2, -0.15) is 0 Å². The van der Waals surface area contributed by atoms with Crippen LogP contribution in [0.15, 0.2) is 182 Å². The van der Waals surface area contributed by atoms with Gasteiger partial charge in [-0.05, 0) is 80.1 Å². The van der Waals surface area contributed by atoms with Crippen molar-refractivity contribution >= 4 is 49.3 Å². The molecule has 0 saturated carbocycles. The zero-order valence-electron chi connectivity index (χ0n) is 33.0. The summed E-state index contributed by atoms with van der Waals surface area (Å²) in [5.74, 6) is 1.72. The summed E-state index contributed by atoms with van der Waals surface area (Å²) in [6.45, 7) is 13.0. The molecule has 6 nitrogen and oxygen atoms in total. The van der Waals surface area contributed by atoms with Crippen LogP contribution in [0.25, 0.3) is 105 Å². The second kappa shape index (κ2) is 14.1. The fraction of sp³-hybridized carbons (Fsp3) is 0.0370. The molecule has 0 amide bonds. The average Bonchev–Trinajstić information content (AvgIpc) is 3.80. The van der Waals surface area contributed by atoms with E-state index in [1.54, 1.807) is 0 Å². The van der Waals surface area contributed by atoms with Crippen molar-refractivity contribution in [2.45, 2.75) is 13.8 Å². The molecule has 0 N–H and O–H groups in total. The maximum atomic E-state index is 8.68. The third kappa shape index (κ3) is 5.67. The molecular weight excluding hydrogens is 733 g/mol. The molecule has 0 bridgehead atoms. The normalized spacial score (nSPS) is 11.5. The first kappa shape index (κ1) is 35.1. The van der Waals surface area contributed by atoms with Crippen LogP contribution in [-0.2, 0) is 0 Å². The van der Waals surface area contributed by atoms with Gasteiger partial charge in [0.1, 0.15) is 0 Å². The number of aromatic nitrogens is 5. The molecule has 60 heavy (non-hydrogen) atoms. The summed E-state index contributed by atoms with van der Waals surface area (Å²) in [6.07, 6.45) is 0. The van der Waals surface area contributed by atoms with Gasteiger partial charge in [0.25, 0.3) is 0 Å². The first-order valence-electron chi connectivity index (χ1n) is 20.1. The van der Waals surface area contributed by atoms with Crippen LogP contribution in [0.5, 0.6) is 0 Å². The van der Waals surface area contributed by atoms with Crippen LogP contribution in [0.3, 0.4) is 0 Å². The van der Waals surface area contributed by atoms with Crippen molar-refractivity contribution in [3.8, 4) is 56.7 Å². The van der Waals surface area contributed by atoms with Crippen LogP contribution < -0.4 is 0 Å². The number of nitrogens with zero attached hydrogens (tertiary/aromatic N) is 6. The molecule has 3 aromatic heterocycles. The molecule has 0 spiro atoms. The minimum Gasteiger partial charge on any atom is -0.310 e. The Hall–Kier alpha value is -8.14. The molecule has 11 aromatic rings. The van der Waals surface area contributed by atoms with E-state index in [2.05, 4.69) is 137 Å².